The minimum absolute atomic E-state index is 0.182. The van der Waals surface area contributed by atoms with Crippen LogP contribution in [0.3, 0.4) is 0 Å². The molecule has 7 nitrogen and oxygen atoms in total. The van der Waals surface area contributed by atoms with E-state index in [2.05, 4.69) is 27.7 Å². The third-order valence-electron chi connectivity index (χ3n) is 7.13. The molecule has 0 amide bonds. The van der Waals surface area contributed by atoms with Crippen LogP contribution in [0.4, 0.5) is 0 Å². The van der Waals surface area contributed by atoms with E-state index in [-0.39, 0.29) is 30.3 Å². The maximum atomic E-state index is 6.60. The quantitative estimate of drug-likeness (QED) is 0.205. The third-order valence-corrected chi connectivity index (χ3v) is 7.13. The molecule has 0 aromatic heterocycles. The molecule has 7 heteroatoms. The summed E-state index contributed by atoms with van der Waals surface area (Å²) in [5.74, 6) is 1.41. The van der Waals surface area contributed by atoms with Gasteiger partial charge in [-0.15, -0.1) is 0 Å². The van der Waals surface area contributed by atoms with Gasteiger partial charge in [-0.3, -0.25) is 0 Å². The second kappa shape index (κ2) is 16.6. The number of hydrogen-bond acceptors (Lipinski definition) is 7. The molecule has 1 aromatic carbocycles. The number of rotatable bonds is 18. The van der Waals surface area contributed by atoms with Crippen molar-refractivity contribution in [1.29, 1.82) is 0 Å². The second-order valence-corrected chi connectivity index (χ2v) is 10.1. The standard InChI is InChI=1S/C30H50O7/c1-6-10-16-32-21-25-28(34-18-12-8-3)29(35-19-13-9-4)26-27(31-5)23-20-22(33-17-11-7-2)14-15-24(23)36-30(26)37-25/h14-15,20,25-30H,6-13,16-19,21H2,1-5H3/t25-,26-,27+,28+,29-,30+/m1/s1. The maximum absolute atomic E-state index is 6.60. The van der Waals surface area contributed by atoms with Crippen molar-refractivity contribution in [2.75, 3.05) is 40.1 Å². The van der Waals surface area contributed by atoms with Crippen LogP contribution in [0.25, 0.3) is 0 Å². The molecule has 2 aliphatic heterocycles. The van der Waals surface area contributed by atoms with Crippen LogP contribution < -0.4 is 9.47 Å². The fourth-order valence-electron chi connectivity index (χ4n) is 4.96. The van der Waals surface area contributed by atoms with Crippen molar-refractivity contribution in [3.05, 3.63) is 23.8 Å². The van der Waals surface area contributed by atoms with Gasteiger partial charge in [-0.05, 0) is 43.9 Å². The van der Waals surface area contributed by atoms with Crippen LogP contribution in [0, 0.1) is 5.92 Å². The number of hydrogen-bond donors (Lipinski definition) is 0. The summed E-state index contributed by atoms with van der Waals surface area (Å²) >= 11 is 0. The highest BCUT2D eigenvalue weighted by Gasteiger charge is 2.54. The Balaban J connectivity index is 1.90. The zero-order chi connectivity index (χ0) is 26.5. The Morgan fingerprint density at radius 2 is 1.43 bits per heavy atom. The summed E-state index contributed by atoms with van der Waals surface area (Å²) in [6.07, 6.45) is 6.76. The van der Waals surface area contributed by atoms with E-state index in [9.17, 15) is 0 Å². The Hall–Kier alpha value is -1.38. The number of fused-ring (bicyclic) bond motifs is 2. The lowest BCUT2D eigenvalue weighted by molar-refractivity contribution is -0.303. The first kappa shape index (κ1) is 30.2. The molecule has 0 N–H and O–H groups in total. The third kappa shape index (κ3) is 8.30. The molecule has 212 valence electrons. The van der Waals surface area contributed by atoms with E-state index in [0.717, 1.165) is 68.4 Å². The molecule has 2 aliphatic rings. The van der Waals surface area contributed by atoms with E-state index in [4.69, 9.17) is 33.2 Å². The van der Waals surface area contributed by atoms with Crippen LogP contribution in [0.2, 0.25) is 0 Å². The van der Waals surface area contributed by atoms with Gasteiger partial charge >= 0.3 is 0 Å². The van der Waals surface area contributed by atoms with Gasteiger partial charge in [-0.2, -0.15) is 0 Å². The Bertz CT molecular complexity index is 757. The fourth-order valence-corrected chi connectivity index (χ4v) is 4.96. The van der Waals surface area contributed by atoms with Crippen LogP contribution in [0.5, 0.6) is 11.5 Å². The number of ether oxygens (including phenoxy) is 7. The average Bonchev–Trinajstić information content (AvgIpc) is 2.91. The highest BCUT2D eigenvalue weighted by Crippen LogP contribution is 2.48. The summed E-state index contributed by atoms with van der Waals surface area (Å²) < 4.78 is 44.3. The molecule has 0 spiro atoms. The molecule has 0 saturated carbocycles. The van der Waals surface area contributed by atoms with Gasteiger partial charge in [0.05, 0.1) is 31.3 Å². The number of methoxy groups -OCH3 is 1. The number of benzene rings is 1. The van der Waals surface area contributed by atoms with Gasteiger partial charge in [0.25, 0.3) is 0 Å². The normalized spacial score (nSPS) is 26.8. The van der Waals surface area contributed by atoms with E-state index in [1.807, 2.05) is 18.2 Å². The predicted octanol–water partition coefficient (Wildman–Crippen LogP) is 6.47. The Morgan fingerprint density at radius 3 is 2.11 bits per heavy atom. The lowest BCUT2D eigenvalue weighted by Crippen LogP contribution is -2.62. The smallest absolute Gasteiger partial charge is 0.208 e. The molecule has 1 aromatic rings. The molecule has 6 atom stereocenters. The highest BCUT2D eigenvalue weighted by molar-refractivity contribution is 5.44. The minimum atomic E-state index is -0.512. The summed E-state index contributed by atoms with van der Waals surface area (Å²) in [7, 11) is 1.75. The van der Waals surface area contributed by atoms with Gasteiger partial charge < -0.3 is 33.2 Å². The van der Waals surface area contributed by atoms with Crippen LogP contribution in [-0.4, -0.2) is 64.7 Å². The summed E-state index contributed by atoms with van der Waals surface area (Å²) in [5.41, 5.74) is 0.968. The van der Waals surface area contributed by atoms with Crippen LogP contribution >= 0.6 is 0 Å². The molecule has 37 heavy (non-hydrogen) atoms. The first-order chi connectivity index (χ1) is 18.2. The minimum Gasteiger partial charge on any atom is -0.494 e. The van der Waals surface area contributed by atoms with Gasteiger partial charge in [0.15, 0.2) is 0 Å². The van der Waals surface area contributed by atoms with Crippen LogP contribution in [0.15, 0.2) is 18.2 Å². The van der Waals surface area contributed by atoms with Crippen molar-refractivity contribution in [1.82, 2.24) is 0 Å². The SMILES string of the molecule is CCCCOC[C@H]1O[C@@H]2Oc3ccc(OCCCC)cc3[C@H](OC)[C@@H]2[C@@H](OCCCC)[C@H]1OCCCC. The van der Waals surface area contributed by atoms with Crippen molar-refractivity contribution in [3.8, 4) is 11.5 Å². The van der Waals surface area contributed by atoms with E-state index in [1.54, 1.807) is 7.11 Å². The Labute approximate surface area is 224 Å². The van der Waals surface area contributed by atoms with Gasteiger partial charge in [0.2, 0.25) is 6.29 Å². The Kier molecular flexibility index (Phi) is 13.5. The van der Waals surface area contributed by atoms with Gasteiger partial charge in [-0.1, -0.05) is 53.4 Å². The summed E-state index contributed by atoms with van der Waals surface area (Å²) in [6.45, 7) is 11.8. The van der Waals surface area contributed by atoms with E-state index < -0.39 is 6.29 Å². The van der Waals surface area contributed by atoms with E-state index >= 15 is 0 Å². The van der Waals surface area contributed by atoms with Crippen molar-refractivity contribution in [3.63, 3.8) is 0 Å². The maximum Gasteiger partial charge on any atom is 0.208 e. The second-order valence-electron chi connectivity index (χ2n) is 10.1. The molecular weight excluding hydrogens is 472 g/mol. The van der Waals surface area contributed by atoms with Gasteiger partial charge in [0.1, 0.15) is 23.7 Å². The van der Waals surface area contributed by atoms with Crippen molar-refractivity contribution in [2.24, 2.45) is 5.92 Å². The van der Waals surface area contributed by atoms with E-state index in [1.165, 1.54) is 0 Å². The summed E-state index contributed by atoms with van der Waals surface area (Å²) in [4.78, 5) is 0. The topological polar surface area (TPSA) is 64.6 Å². The first-order valence-corrected chi connectivity index (χ1v) is 14.6. The highest BCUT2D eigenvalue weighted by atomic mass is 16.7. The van der Waals surface area contributed by atoms with Gasteiger partial charge in [0, 0.05) is 32.5 Å². The molecular formula is C30H50O7. The van der Waals surface area contributed by atoms with E-state index in [0.29, 0.717) is 33.0 Å². The fraction of sp³-hybridized carbons (Fsp3) is 0.800. The average molecular weight is 523 g/mol. The lowest BCUT2D eigenvalue weighted by Gasteiger charge is -2.50. The zero-order valence-electron chi connectivity index (χ0n) is 23.7. The summed E-state index contributed by atoms with van der Waals surface area (Å²) in [5, 5.41) is 0. The summed E-state index contributed by atoms with van der Waals surface area (Å²) in [6, 6.07) is 5.97. The molecule has 0 unspecified atom stereocenters. The first-order valence-electron chi connectivity index (χ1n) is 14.6. The largest absolute Gasteiger partial charge is 0.494 e. The van der Waals surface area contributed by atoms with Crippen LogP contribution in [-0.2, 0) is 23.7 Å². The molecule has 3 rings (SSSR count). The van der Waals surface area contributed by atoms with Crippen molar-refractivity contribution < 1.29 is 33.2 Å². The number of unbranched alkanes of at least 4 members (excludes halogenated alkanes) is 4. The molecule has 0 bridgehead atoms. The lowest BCUT2D eigenvalue weighted by atomic mass is 9.81. The molecule has 2 heterocycles. The Morgan fingerprint density at radius 1 is 0.784 bits per heavy atom. The molecule has 0 aliphatic carbocycles. The van der Waals surface area contributed by atoms with Crippen LogP contribution in [0.1, 0.15) is 90.7 Å². The predicted molar refractivity (Wildman–Crippen MR) is 144 cm³/mol. The molecule has 0 radical (unpaired) electrons. The van der Waals surface area contributed by atoms with Crippen molar-refractivity contribution >= 4 is 0 Å². The molecule has 1 saturated heterocycles. The van der Waals surface area contributed by atoms with Gasteiger partial charge in [-0.25, -0.2) is 0 Å². The zero-order valence-corrected chi connectivity index (χ0v) is 23.7. The molecule has 1 fully saturated rings. The van der Waals surface area contributed by atoms with Crippen molar-refractivity contribution in [2.45, 2.75) is 110 Å². The monoisotopic (exact) mass is 522 g/mol.